The van der Waals surface area contributed by atoms with Gasteiger partial charge < -0.3 is 10.6 Å². The first-order valence-electron chi connectivity index (χ1n) is 8.14. The zero-order valence-corrected chi connectivity index (χ0v) is 13.9. The molecule has 0 spiro atoms. The van der Waals surface area contributed by atoms with Crippen LogP contribution in [0.25, 0.3) is 10.2 Å². The van der Waals surface area contributed by atoms with E-state index in [4.69, 9.17) is 10.7 Å². The summed E-state index contributed by atoms with van der Waals surface area (Å²) in [6.45, 7) is 6.66. The Kier molecular flexibility index (Phi) is 4.45. The number of hydrogen-bond donors (Lipinski definition) is 1. The number of fused-ring (bicyclic) bond motifs is 2. The van der Waals surface area contributed by atoms with Crippen molar-refractivity contribution in [3.63, 3.8) is 0 Å². The van der Waals surface area contributed by atoms with E-state index in [1.807, 2.05) is 11.3 Å². The minimum atomic E-state index is 0.332. The molecule has 1 heterocycles. The molecular weight excluding hydrogens is 278 g/mol. The summed E-state index contributed by atoms with van der Waals surface area (Å²) in [5.74, 6) is 0. The van der Waals surface area contributed by atoms with Crippen LogP contribution in [0.3, 0.4) is 0 Å². The molecule has 1 aromatic carbocycles. The summed E-state index contributed by atoms with van der Waals surface area (Å²) in [7, 11) is 0. The minimum Gasteiger partial charge on any atom is -0.348 e. The van der Waals surface area contributed by atoms with E-state index in [9.17, 15) is 0 Å². The van der Waals surface area contributed by atoms with Gasteiger partial charge >= 0.3 is 0 Å². The van der Waals surface area contributed by atoms with E-state index in [0.717, 1.165) is 32.4 Å². The second-order valence-corrected chi connectivity index (χ2v) is 7.08. The highest BCUT2D eigenvalue weighted by molar-refractivity contribution is 7.22. The monoisotopic (exact) mass is 303 g/mol. The summed E-state index contributed by atoms with van der Waals surface area (Å²) < 4.78 is 1.31. The van der Waals surface area contributed by atoms with E-state index in [0.29, 0.717) is 6.04 Å². The molecular formula is C17H25N3S. The van der Waals surface area contributed by atoms with Crippen molar-refractivity contribution < 1.29 is 0 Å². The van der Waals surface area contributed by atoms with E-state index in [2.05, 4.69) is 30.9 Å². The number of aromatic nitrogens is 1. The quantitative estimate of drug-likeness (QED) is 0.915. The number of benzene rings is 1. The fourth-order valence-corrected chi connectivity index (χ4v) is 4.24. The number of aryl methyl sites for hydroxylation is 1. The van der Waals surface area contributed by atoms with Gasteiger partial charge in [0.05, 0.1) is 10.2 Å². The molecule has 3 nitrogen and oxygen atoms in total. The van der Waals surface area contributed by atoms with Crippen molar-refractivity contribution in [3.8, 4) is 0 Å². The number of hydrogen-bond acceptors (Lipinski definition) is 4. The molecule has 0 fully saturated rings. The third kappa shape index (κ3) is 3.06. The highest BCUT2D eigenvalue weighted by Gasteiger charge is 2.18. The number of nitrogens with two attached hydrogens (primary N) is 1. The smallest absolute Gasteiger partial charge is 0.186 e. The van der Waals surface area contributed by atoms with E-state index >= 15 is 0 Å². The predicted molar refractivity (Wildman–Crippen MR) is 92.4 cm³/mol. The number of nitrogens with zero attached hydrogens (tertiary/aromatic N) is 2. The Morgan fingerprint density at radius 3 is 2.71 bits per heavy atom. The molecule has 1 aliphatic carbocycles. The molecule has 2 N–H and O–H groups in total. The lowest BCUT2D eigenvalue weighted by atomic mass is 9.89. The first kappa shape index (κ1) is 14.8. The van der Waals surface area contributed by atoms with Crippen LogP contribution in [-0.2, 0) is 12.8 Å². The second kappa shape index (κ2) is 6.32. The van der Waals surface area contributed by atoms with Gasteiger partial charge in [0.2, 0.25) is 0 Å². The molecule has 0 radical (unpaired) electrons. The van der Waals surface area contributed by atoms with Crippen LogP contribution >= 0.6 is 11.3 Å². The van der Waals surface area contributed by atoms with E-state index in [1.54, 1.807) is 0 Å². The molecule has 1 aromatic heterocycles. The molecule has 0 bridgehead atoms. The normalized spacial score (nSPS) is 18.0. The molecule has 1 unspecified atom stereocenters. The molecule has 1 aliphatic rings. The lowest BCUT2D eigenvalue weighted by molar-refractivity contribution is 0.577. The summed E-state index contributed by atoms with van der Waals surface area (Å²) in [5, 5.41) is 1.18. The first-order valence-corrected chi connectivity index (χ1v) is 8.95. The van der Waals surface area contributed by atoms with Crippen LogP contribution in [0.2, 0.25) is 0 Å². The molecule has 0 aliphatic heterocycles. The Morgan fingerprint density at radius 2 is 2.00 bits per heavy atom. The molecule has 2 aromatic rings. The van der Waals surface area contributed by atoms with Gasteiger partial charge in [-0.2, -0.15) is 0 Å². The van der Waals surface area contributed by atoms with Gasteiger partial charge in [0.15, 0.2) is 5.13 Å². The Balaban J connectivity index is 1.95. The van der Waals surface area contributed by atoms with E-state index < -0.39 is 0 Å². The van der Waals surface area contributed by atoms with Gasteiger partial charge in [-0.3, -0.25) is 0 Å². The van der Waals surface area contributed by atoms with Crippen LogP contribution in [0.4, 0.5) is 5.13 Å². The topological polar surface area (TPSA) is 42.2 Å². The van der Waals surface area contributed by atoms with Crippen molar-refractivity contribution in [2.24, 2.45) is 5.73 Å². The van der Waals surface area contributed by atoms with Gasteiger partial charge in [0.1, 0.15) is 0 Å². The highest BCUT2D eigenvalue weighted by atomic mass is 32.1. The number of anilines is 1. The lowest BCUT2D eigenvalue weighted by Gasteiger charge is -2.20. The molecule has 0 amide bonds. The third-order valence-corrected chi connectivity index (χ3v) is 5.30. The van der Waals surface area contributed by atoms with Crippen LogP contribution < -0.4 is 10.6 Å². The van der Waals surface area contributed by atoms with Gasteiger partial charge in [-0.15, -0.1) is 0 Å². The molecule has 0 saturated carbocycles. The second-order valence-electron chi connectivity index (χ2n) is 6.08. The molecule has 21 heavy (non-hydrogen) atoms. The van der Waals surface area contributed by atoms with Crippen molar-refractivity contribution >= 4 is 26.7 Å². The van der Waals surface area contributed by atoms with Crippen molar-refractivity contribution in [2.75, 3.05) is 18.0 Å². The van der Waals surface area contributed by atoms with Crippen LogP contribution in [-0.4, -0.2) is 24.1 Å². The minimum absolute atomic E-state index is 0.332. The highest BCUT2D eigenvalue weighted by Crippen LogP contribution is 2.33. The van der Waals surface area contributed by atoms with Crippen molar-refractivity contribution in [1.82, 2.24) is 4.98 Å². The van der Waals surface area contributed by atoms with Crippen LogP contribution in [0.5, 0.6) is 0 Å². The van der Waals surface area contributed by atoms with E-state index in [1.165, 1.54) is 39.3 Å². The molecule has 3 rings (SSSR count). The summed E-state index contributed by atoms with van der Waals surface area (Å²) in [6.07, 6.45) is 5.56. The fourth-order valence-electron chi connectivity index (χ4n) is 3.17. The summed E-state index contributed by atoms with van der Waals surface area (Å²) in [4.78, 5) is 7.32. The lowest BCUT2D eigenvalue weighted by Crippen LogP contribution is -2.27. The van der Waals surface area contributed by atoms with Gasteiger partial charge in [-0.05, 0) is 55.4 Å². The zero-order chi connectivity index (χ0) is 14.8. The van der Waals surface area contributed by atoms with Gasteiger partial charge in [-0.25, -0.2) is 4.98 Å². The number of thiazole rings is 1. The van der Waals surface area contributed by atoms with E-state index in [-0.39, 0.29) is 0 Å². The fraction of sp³-hybridized carbons (Fsp3) is 0.588. The molecule has 0 saturated heterocycles. The maximum absolute atomic E-state index is 6.11. The summed E-state index contributed by atoms with van der Waals surface area (Å²) >= 11 is 1.83. The number of rotatable bonds is 5. The standard InChI is InChI=1S/C17H25N3S/c1-3-7-20(8-4-2)17-19-15-10-12-5-6-14(18)9-13(12)11-16(15)21-17/h10-11,14H,3-9,18H2,1-2H3. The molecule has 4 heteroatoms. The largest absolute Gasteiger partial charge is 0.348 e. The average Bonchev–Trinajstić information content (AvgIpc) is 2.87. The molecule has 114 valence electrons. The van der Waals surface area contributed by atoms with Crippen LogP contribution in [0.15, 0.2) is 12.1 Å². The van der Waals surface area contributed by atoms with Crippen molar-refractivity contribution in [1.29, 1.82) is 0 Å². The van der Waals surface area contributed by atoms with Crippen LogP contribution in [0, 0.1) is 0 Å². The summed E-state index contributed by atoms with van der Waals surface area (Å²) in [6, 6.07) is 4.96. The van der Waals surface area contributed by atoms with Gasteiger partial charge in [-0.1, -0.05) is 25.2 Å². The summed E-state index contributed by atoms with van der Waals surface area (Å²) in [5.41, 5.74) is 10.2. The van der Waals surface area contributed by atoms with Crippen LogP contribution in [0.1, 0.15) is 44.2 Å². The van der Waals surface area contributed by atoms with Crippen molar-refractivity contribution in [2.45, 2.75) is 52.0 Å². The maximum Gasteiger partial charge on any atom is 0.186 e. The SMILES string of the molecule is CCCN(CCC)c1nc2cc3c(cc2s1)CC(N)CC3. The molecule has 1 atom stereocenters. The average molecular weight is 303 g/mol. The predicted octanol–water partition coefficient (Wildman–Crippen LogP) is 3.74. The third-order valence-electron chi connectivity index (χ3n) is 4.22. The Bertz CT molecular complexity index is 614. The first-order chi connectivity index (χ1) is 10.2. The Labute approximate surface area is 131 Å². The van der Waals surface area contributed by atoms with Gasteiger partial charge in [0.25, 0.3) is 0 Å². The Hall–Kier alpha value is -1.13. The maximum atomic E-state index is 6.11. The zero-order valence-electron chi connectivity index (χ0n) is 13.1. The van der Waals surface area contributed by atoms with Crippen molar-refractivity contribution in [3.05, 3.63) is 23.3 Å². The van der Waals surface area contributed by atoms with Gasteiger partial charge in [0, 0.05) is 19.1 Å². The Morgan fingerprint density at radius 1 is 1.24 bits per heavy atom.